The molecule has 0 spiro atoms. The number of para-hydroxylation sites is 2. The van der Waals surface area contributed by atoms with Gasteiger partial charge in [-0.05, 0) is 97.3 Å². The molecule has 62 heavy (non-hydrogen) atoms. The van der Waals surface area contributed by atoms with Gasteiger partial charge in [-0.15, -0.1) is 0 Å². The third-order valence-corrected chi connectivity index (χ3v) is 12.6. The summed E-state index contributed by atoms with van der Waals surface area (Å²) in [7, 11) is 0. The number of nitrogens with zero attached hydrogens (tertiary/aromatic N) is 4. The molecule has 9 aromatic carbocycles. The van der Waals surface area contributed by atoms with Gasteiger partial charge in [0.1, 0.15) is 0 Å². The van der Waals surface area contributed by atoms with Gasteiger partial charge in [-0.25, -0.2) is 15.0 Å². The lowest BCUT2D eigenvalue weighted by Gasteiger charge is -2.20. The van der Waals surface area contributed by atoms with Crippen molar-refractivity contribution in [1.29, 1.82) is 0 Å². The SMILES string of the molecule is CC1C=Cc2c(c3cccc(-c4cc5c6ccccc6c6ccccc6c5cc4-c4ccccc4-c4nc(-c5ccccc5)nc(-c5ccccc5)n4)c3n2-c2ccccc2)C1. The normalized spacial score (nSPS) is 13.6. The Labute approximate surface area is 360 Å². The second-order valence-electron chi connectivity index (χ2n) is 16.4. The van der Waals surface area contributed by atoms with Gasteiger partial charge in [0.2, 0.25) is 0 Å². The molecule has 0 saturated heterocycles. The van der Waals surface area contributed by atoms with Gasteiger partial charge in [-0.3, -0.25) is 0 Å². The molecule has 12 rings (SSSR count). The fourth-order valence-corrected chi connectivity index (χ4v) is 9.76. The predicted molar refractivity (Wildman–Crippen MR) is 258 cm³/mol. The average Bonchev–Trinajstić information content (AvgIpc) is 3.68. The Morgan fingerprint density at radius 2 is 0.855 bits per heavy atom. The zero-order chi connectivity index (χ0) is 41.1. The lowest BCUT2D eigenvalue weighted by Crippen LogP contribution is -2.05. The summed E-state index contributed by atoms with van der Waals surface area (Å²) in [6.07, 6.45) is 5.69. The van der Waals surface area contributed by atoms with E-state index in [1.165, 1.54) is 60.0 Å². The van der Waals surface area contributed by atoms with E-state index in [4.69, 9.17) is 15.0 Å². The highest BCUT2D eigenvalue weighted by Crippen LogP contribution is 2.47. The van der Waals surface area contributed by atoms with Crippen molar-refractivity contribution in [3.8, 4) is 62.1 Å². The first-order valence-electron chi connectivity index (χ1n) is 21.4. The molecular formula is C58H40N4. The van der Waals surface area contributed by atoms with Crippen LogP contribution < -0.4 is 0 Å². The van der Waals surface area contributed by atoms with Gasteiger partial charge in [0.25, 0.3) is 0 Å². The molecule has 4 nitrogen and oxygen atoms in total. The molecule has 2 aromatic heterocycles. The number of fused-ring (bicyclic) bond motifs is 9. The van der Waals surface area contributed by atoms with E-state index >= 15 is 0 Å². The molecule has 1 atom stereocenters. The highest BCUT2D eigenvalue weighted by molar-refractivity contribution is 6.27. The Balaban J connectivity index is 1.21. The molecule has 0 N–H and O–H groups in total. The molecule has 11 aromatic rings. The van der Waals surface area contributed by atoms with E-state index < -0.39 is 0 Å². The lowest BCUT2D eigenvalue weighted by molar-refractivity contribution is 0.718. The van der Waals surface area contributed by atoms with Gasteiger partial charge in [0, 0.05) is 39.0 Å². The molecule has 4 heteroatoms. The third kappa shape index (κ3) is 5.87. The van der Waals surface area contributed by atoms with Gasteiger partial charge in [0.05, 0.1) is 5.52 Å². The van der Waals surface area contributed by atoms with Crippen LogP contribution in [0.2, 0.25) is 0 Å². The first-order chi connectivity index (χ1) is 30.7. The number of hydrogen-bond donors (Lipinski definition) is 0. The third-order valence-electron chi connectivity index (χ3n) is 12.6. The Bertz CT molecular complexity index is 3490. The van der Waals surface area contributed by atoms with Crippen LogP contribution in [0.3, 0.4) is 0 Å². The number of allylic oxidation sites excluding steroid dienone is 1. The van der Waals surface area contributed by atoms with Gasteiger partial charge in [0.15, 0.2) is 17.5 Å². The molecule has 0 bridgehead atoms. The standard InChI is InChI=1S/C58H40N4/c1-37-32-33-54-53(34-37)47-31-17-30-46(55(47)62(54)40-22-9-4-10-23-40)52-36-50-44-27-14-12-25-42(44)41-24-11-13-26-43(41)49(50)35-51(52)45-28-15-16-29-48(45)58-60-56(38-18-5-2-6-19-38)59-57(61-58)39-20-7-3-8-21-39/h2-33,35-37H,34H2,1H3. The van der Waals surface area contributed by atoms with Crippen LogP contribution >= 0.6 is 0 Å². The minimum atomic E-state index is 0.450. The monoisotopic (exact) mass is 792 g/mol. The molecule has 0 aliphatic heterocycles. The smallest absolute Gasteiger partial charge is 0.164 e. The average molecular weight is 793 g/mol. The van der Waals surface area contributed by atoms with E-state index in [1.54, 1.807) is 0 Å². The van der Waals surface area contributed by atoms with Crippen molar-refractivity contribution in [1.82, 2.24) is 19.5 Å². The summed E-state index contributed by atoms with van der Waals surface area (Å²) < 4.78 is 2.49. The summed E-state index contributed by atoms with van der Waals surface area (Å²) in [4.78, 5) is 15.6. The zero-order valence-corrected chi connectivity index (χ0v) is 34.2. The van der Waals surface area contributed by atoms with E-state index in [0.29, 0.717) is 23.4 Å². The van der Waals surface area contributed by atoms with Gasteiger partial charge in [-0.2, -0.15) is 0 Å². The number of aromatic nitrogens is 4. The summed E-state index contributed by atoms with van der Waals surface area (Å²) in [5.74, 6) is 2.35. The fraction of sp³-hybridized carbons (Fsp3) is 0.0517. The van der Waals surface area contributed by atoms with Crippen LogP contribution in [0.1, 0.15) is 18.2 Å². The van der Waals surface area contributed by atoms with Crippen molar-refractivity contribution in [3.63, 3.8) is 0 Å². The topological polar surface area (TPSA) is 43.6 Å². The maximum atomic E-state index is 5.26. The van der Waals surface area contributed by atoms with Gasteiger partial charge >= 0.3 is 0 Å². The van der Waals surface area contributed by atoms with Gasteiger partial charge in [-0.1, -0.05) is 183 Å². The van der Waals surface area contributed by atoms with E-state index in [9.17, 15) is 0 Å². The summed E-state index contributed by atoms with van der Waals surface area (Å²) in [5.41, 5.74) is 12.3. The fourth-order valence-electron chi connectivity index (χ4n) is 9.76. The minimum Gasteiger partial charge on any atom is -0.309 e. The molecule has 1 unspecified atom stereocenters. The molecule has 0 saturated carbocycles. The number of hydrogen-bond acceptors (Lipinski definition) is 3. The second kappa shape index (κ2) is 14.6. The predicted octanol–water partition coefficient (Wildman–Crippen LogP) is 14.8. The lowest BCUT2D eigenvalue weighted by atomic mass is 9.85. The van der Waals surface area contributed by atoms with Crippen LogP contribution in [0.5, 0.6) is 0 Å². The molecule has 0 fully saturated rings. The molecule has 0 radical (unpaired) electrons. The maximum absolute atomic E-state index is 5.26. The van der Waals surface area contributed by atoms with E-state index in [2.05, 4.69) is 181 Å². The quantitative estimate of drug-likeness (QED) is 0.158. The number of benzene rings is 9. The van der Waals surface area contributed by atoms with Crippen molar-refractivity contribution >= 4 is 49.3 Å². The van der Waals surface area contributed by atoms with E-state index in [0.717, 1.165) is 45.5 Å². The molecule has 292 valence electrons. The minimum absolute atomic E-state index is 0.450. The van der Waals surface area contributed by atoms with Gasteiger partial charge < -0.3 is 4.57 Å². The van der Waals surface area contributed by atoms with Crippen LogP contribution in [0, 0.1) is 5.92 Å². The molecular weight excluding hydrogens is 753 g/mol. The van der Waals surface area contributed by atoms with E-state index in [-0.39, 0.29) is 0 Å². The Morgan fingerprint density at radius 3 is 1.45 bits per heavy atom. The van der Waals surface area contributed by atoms with Crippen LogP contribution in [-0.4, -0.2) is 19.5 Å². The Morgan fingerprint density at radius 1 is 0.403 bits per heavy atom. The molecule has 0 amide bonds. The van der Waals surface area contributed by atoms with Crippen molar-refractivity contribution in [2.24, 2.45) is 5.92 Å². The summed E-state index contributed by atoms with van der Waals surface area (Å²) in [6, 6.07) is 69.4. The highest BCUT2D eigenvalue weighted by atomic mass is 15.0. The Kier molecular flexibility index (Phi) is 8.49. The molecule has 2 heterocycles. The zero-order valence-electron chi connectivity index (χ0n) is 34.2. The number of rotatable bonds is 6. The molecule has 1 aliphatic rings. The summed E-state index contributed by atoms with van der Waals surface area (Å²) in [6.45, 7) is 2.32. The summed E-state index contributed by atoms with van der Waals surface area (Å²) in [5, 5.41) is 8.68. The van der Waals surface area contributed by atoms with Crippen LogP contribution in [0.4, 0.5) is 0 Å². The van der Waals surface area contributed by atoms with Crippen molar-refractivity contribution in [2.75, 3.05) is 0 Å². The van der Waals surface area contributed by atoms with Crippen LogP contribution in [-0.2, 0) is 6.42 Å². The first kappa shape index (κ1) is 35.9. The van der Waals surface area contributed by atoms with Crippen molar-refractivity contribution in [3.05, 3.63) is 211 Å². The van der Waals surface area contributed by atoms with Crippen molar-refractivity contribution < 1.29 is 0 Å². The highest BCUT2D eigenvalue weighted by Gasteiger charge is 2.26. The second-order valence-corrected chi connectivity index (χ2v) is 16.4. The Hall–Kier alpha value is -7.95. The van der Waals surface area contributed by atoms with Crippen LogP contribution in [0.15, 0.2) is 200 Å². The summed E-state index contributed by atoms with van der Waals surface area (Å²) >= 11 is 0. The van der Waals surface area contributed by atoms with Crippen LogP contribution in [0.25, 0.3) is 111 Å². The largest absolute Gasteiger partial charge is 0.309 e. The van der Waals surface area contributed by atoms with E-state index in [1.807, 2.05) is 36.4 Å². The van der Waals surface area contributed by atoms with Crippen molar-refractivity contribution in [2.45, 2.75) is 13.3 Å². The molecule has 1 aliphatic carbocycles. The maximum Gasteiger partial charge on any atom is 0.164 e. The first-order valence-corrected chi connectivity index (χ1v) is 21.4.